The van der Waals surface area contributed by atoms with Crippen LogP contribution in [0.1, 0.15) is 15.9 Å². The highest BCUT2D eigenvalue weighted by Crippen LogP contribution is 2.21. The molecule has 2 N–H and O–H groups in total. The molecule has 23 heavy (non-hydrogen) atoms. The van der Waals surface area contributed by atoms with E-state index in [4.69, 9.17) is 0 Å². The summed E-state index contributed by atoms with van der Waals surface area (Å²) in [5.41, 5.74) is 2.21. The van der Waals surface area contributed by atoms with Gasteiger partial charge in [0.1, 0.15) is 5.82 Å². The number of hydrogen-bond donors (Lipinski definition) is 2. The van der Waals surface area contributed by atoms with Crippen LogP contribution in [0.5, 0.6) is 0 Å². The molecule has 0 aromatic heterocycles. The molecule has 1 heterocycles. The summed E-state index contributed by atoms with van der Waals surface area (Å²) in [6, 6.07) is 11.4. The first-order valence-electron chi connectivity index (χ1n) is 7.21. The molecular weight excluding hydrogens is 315 g/mol. The van der Waals surface area contributed by atoms with E-state index >= 15 is 0 Å². The van der Waals surface area contributed by atoms with Crippen LogP contribution in [-0.4, -0.2) is 24.1 Å². The summed E-state index contributed by atoms with van der Waals surface area (Å²) >= 11 is 1.33. The smallest absolute Gasteiger partial charge is 0.251 e. The number of rotatable bonds is 4. The van der Waals surface area contributed by atoms with Gasteiger partial charge in [0.15, 0.2) is 0 Å². The van der Waals surface area contributed by atoms with Gasteiger partial charge in [-0.25, -0.2) is 4.39 Å². The predicted molar refractivity (Wildman–Crippen MR) is 88.2 cm³/mol. The summed E-state index contributed by atoms with van der Waals surface area (Å²) in [7, 11) is 0. The monoisotopic (exact) mass is 330 g/mol. The Kier molecular flexibility index (Phi) is 4.62. The maximum atomic E-state index is 12.8. The third kappa shape index (κ3) is 3.90. The molecule has 0 bridgehead atoms. The van der Waals surface area contributed by atoms with Gasteiger partial charge < -0.3 is 10.6 Å². The van der Waals surface area contributed by atoms with Crippen LogP contribution in [0.15, 0.2) is 47.4 Å². The van der Waals surface area contributed by atoms with E-state index in [2.05, 4.69) is 10.6 Å². The third-order valence-electron chi connectivity index (χ3n) is 3.50. The summed E-state index contributed by atoms with van der Waals surface area (Å²) in [6.07, 6.45) is 0.801. The lowest BCUT2D eigenvalue weighted by Crippen LogP contribution is -2.31. The Labute approximate surface area is 137 Å². The first-order chi connectivity index (χ1) is 11.1. The van der Waals surface area contributed by atoms with E-state index < -0.39 is 0 Å². The maximum absolute atomic E-state index is 12.8. The predicted octanol–water partition coefficient (Wildman–Crippen LogP) is 2.84. The van der Waals surface area contributed by atoms with E-state index in [1.165, 1.54) is 23.9 Å². The van der Waals surface area contributed by atoms with Crippen molar-refractivity contribution in [2.45, 2.75) is 11.3 Å². The maximum Gasteiger partial charge on any atom is 0.251 e. The van der Waals surface area contributed by atoms with Gasteiger partial charge in [0.05, 0.1) is 5.75 Å². The van der Waals surface area contributed by atoms with Gasteiger partial charge >= 0.3 is 0 Å². The van der Waals surface area contributed by atoms with Gasteiger partial charge in [-0.1, -0.05) is 6.07 Å². The zero-order valence-corrected chi connectivity index (χ0v) is 13.1. The van der Waals surface area contributed by atoms with Crippen molar-refractivity contribution in [3.05, 3.63) is 59.4 Å². The van der Waals surface area contributed by atoms with Gasteiger partial charge in [-0.15, -0.1) is 11.8 Å². The number of benzene rings is 2. The van der Waals surface area contributed by atoms with E-state index in [1.807, 2.05) is 6.07 Å². The second-order valence-electron chi connectivity index (χ2n) is 5.17. The Morgan fingerprint density at radius 1 is 1.22 bits per heavy atom. The number of halogens is 1. The zero-order valence-electron chi connectivity index (χ0n) is 12.3. The summed E-state index contributed by atoms with van der Waals surface area (Å²) < 4.78 is 12.8. The van der Waals surface area contributed by atoms with E-state index in [1.54, 1.807) is 24.3 Å². The largest absolute Gasteiger partial charge is 0.352 e. The SMILES string of the molecule is O=C(CSc1ccc(F)cc1)Nc1ccc2c(c1)C(=O)NCC2. The summed E-state index contributed by atoms with van der Waals surface area (Å²) in [4.78, 5) is 24.6. The molecule has 0 aliphatic carbocycles. The Morgan fingerprint density at radius 3 is 2.78 bits per heavy atom. The number of fused-ring (bicyclic) bond motifs is 1. The van der Waals surface area contributed by atoms with Crippen LogP contribution < -0.4 is 10.6 Å². The van der Waals surface area contributed by atoms with Crippen molar-refractivity contribution in [1.82, 2.24) is 5.32 Å². The second-order valence-corrected chi connectivity index (χ2v) is 6.22. The normalized spacial score (nSPS) is 13.2. The molecule has 0 saturated heterocycles. The van der Waals surface area contributed by atoms with Gasteiger partial charge in [0.2, 0.25) is 5.91 Å². The molecule has 0 spiro atoms. The number of hydrogen-bond acceptors (Lipinski definition) is 3. The second kappa shape index (κ2) is 6.83. The standard InChI is InChI=1S/C17H15FN2O2S/c18-12-2-5-14(6-3-12)23-10-16(21)20-13-4-1-11-7-8-19-17(22)15(11)9-13/h1-6,9H,7-8,10H2,(H,19,22)(H,20,21). The van der Waals surface area contributed by atoms with Crippen LogP contribution in [0.3, 0.4) is 0 Å². The van der Waals surface area contributed by atoms with Crippen molar-refractivity contribution >= 4 is 29.3 Å². The molecule has 2 amide bonds. The Hall–Kier alpha value is -2.34. The molecular formula is C17H15FN2O2S. The molecule has 0 radical (unpaired) electrons. The van der Waals surface area contributed by atoms with Crippen LogP contribution >= 0.6 is 11.8 Å². The fourth-order valence-corrected chi connectivity index (χ4v) is 3.06. The van der Waals surface area contributed by atoms with Crippen molar-refractivity contribution in [3.8, 4) is 0 Å². The van der Waals surface area contributed by atoms with Crippen LogP contribution in [0.25, 0.3) is 0 Å². The number of carbonyl (C=O) groups is 2. The molecule has 3 rings (SSSR count). The molecule has 6 heteroatoms. The van der Waals surface area contributed by atoms with Crippen molar-refractivity contribution in [3.63, 3.8) is 0 Å². The molecule has 1 aliphatic rings. The fourth-order valence-electron chi connectivity index (χ4n) is 2.37. The molecule has 0 fully saturated rings. The van der Waals surface area contributed by atoms with E-state index in [0.29, 0.717) is 17.8 Å². The number of amides is 2. The lowest BCUT2D eigenvalue weighted by Gasteiger charge is -2.17. The molecule has 2 aromatic carbocycles. The van der Waals surface area contributed by atoms with Gasteiger partial charge in [-0.3, -0.25) is 9.59 Å². The van der Waals surface area contributed by atoms with Crippen LogP contribution in [0.4, 0.5) is 10.1 Å². The average molecular weight is 330 g/mol. The van der Waals surface area contributed by atoms with Gasteiger partial charge in [-0.05, 0) is 48.4 Å². The highest BCUT2D eigenvalue weighted by molar-refractivity contribution is 8.00. The molecule has 118 valence electrons. The van der Waals surface area contributed by atoms with E-state index in [9.17, 15) is 14.0 Å². The van der Waals surface area contributed by atoms with Crippen LogP contribution in [0, 0.1) is 5.82 Å². The topological polar surface area (TPSA) is 58.2 Å². The number of anilines is 1. The minimum atomic E-state index is -0.300. The minimum absolute atomic E-state index is 0.108. The molecule has 0 unspecified atom stereocenters. The summed E-state index contributed by atoms with van der Waals surface area (Å²) in [6.45, 7) is 0.645. The third-order valence-corrected chi connectivity index (χ3v) is 4.51. The van der Waals surface area contributed by atoms with Crippen LogP contribution in [-0.2, 0) is 11.2 Å². The molecule has 0 atom stereocenters. The van der Waals surface area contributed by atoms with Crippen molar-refractivity contribution < 1.29 is 14.0 Å². The van der Waals surface area contributed by atoms with E-state index in [-0.39, 0.29) is 23.4 Å². The number of carbonyl (C=O) groups excluding carboxylic acids is 2. The Balaban J connectivity index is 1.60. The van der Waals surface area contributed by atoms with E-state index in [0.717, 1.165) is 16.9 Å². The Bertz CT molecular complexity index is 747. The molecule has 4 nitrogen and oxygen atoms in total. The van der Waals surface area contributed by atoms with Crippen molar-refractivity contribution in [2.75, 3.05) is 17.6 Å². The Morgan fingerprint density at radius 2 is 2.00 bits per heavy atom. The van der Waals surface area contributed by atoms with Crippen LogP contribution in [0.2, 0.25) is 0 Å². The van der Waals surface area contributed by atoms with Crippen molar-refractivity contribution in [1.29, 1.82) is 0 Å². The molecule has 1 aliphatic heterocycles. The fraction of sp³-hybridized carbons (Fsp3) is 0.176. The lowest BCUT2D eigenvalue weighted by molar-refractivity contribution is -0.113. The first kappa shape index (κ1) is 15.6. The van der Waals surface area contributed by atoms with Gasteiger partial charge in [0.25, 0.3) is 5.91 Å². The quantitative estimate of drug-likeness (QED) is 0.848. The lowest BCUT2D eigenvalue weighted by atomic mass is 10.00. The zero-order chi connectivity index (χ0) is 16.2. The van der Waals surface area contributed by atoms with Crippen molar-refractivity contribution in [2.24, 2.45) is 0 Å². The van der Waals surface area contributed by atoms with Gasteiger partial charge in [0, 0.05) is 22.7 Å². The highest BCUT2D eigenvalue weighted by Gasteiger charge is 2.17. The minimum Gasteiger partial charge on any atom is -0.352 e. The average Bonchev–Trinajstić information content (AvgIpc) is 2.55. The highest BCUT2D eigenvalue weighted by atomic mass is 32.2. The first-order valence-corrected chi connectivity index (χ1v) is 8.20. The number of thioether (sulfide) groups is 1. The molecule has 0 saturated carbocycles. The summed E-state index contributed by atoms with van der Waals surface area (Å²) in [5, 5.41) is 5.56. The summed E-state index contributed by atoms with van der Waals surface area (Å²) in [5.74, 6) is -0.362. The van der Waals surface area contributed by atoms with Gasteiger partial charge in [-0.2, -0.15) is 0 Å². The number of nitrogens with one attached hydrogen (secondary N) is 2. The molecule has 2 aromatic rings.